The Bertz CT molecular complexity index is 1340. The van der Waals surface area contributed by atoms with Gasteiger partial charge in [0.05, 0.1) is 23.6 Å². The molecule has 0 bridgehead atoms. The quantitative estimate of drug-likeness (QED) is 0.349. The number of aromatic amines is 1. The van der Waals surface area contributed by atoms with Gasteiger partial charge in [0.25, 0.3) is 5.91 Å². The molecule has 3 aromatic heterocycles. The maximum atomic E-state index is 12.8. The van der Waals surface area contributed by atoms with Crippen LogP contribution in [0.4, 0.5) is 16.6 Å². The first-order valence-corrected chi connectivity index (χ1v) is 12.1. The molecule has 4 aromatic rings. The maximum absolute atomic E-state index is 12.8. The number of aryl methyl sites for hydroxylation is 1. The highest BCUT2D eigenvalue weighted by Crippen LogP contribution is 2.32. The highest BCUT2D eigenvalue weighted by Gasteiger charge is 2.20. The first-order valence-electron chi connectivity index (χ1n) is 10.5. The normalized spacial score (nSPS) is 13.6. The summed E-state index contributed by atoms with van der Waals surface area (Å²) in [5.41, 5.74) is 2.36. The van der Waals surface area contributed by atoms with Crippen LogP contribution in [-0.2, 0) is 11.3 Å². The van der Waals surface area contributed by atoms with Crippen molar-refractivity contribution in [1.82, 2.24) is 29.9 Å². The number of halogens is 1. The molecule has 0 unspecified atom stereocenters. The lowest BCUT2D eigenvalue weighted by molar-refractivity contribution is -0.130. The Hall–Kier alpha value is -3.25. The number of anilines is 3. The summed E-state index contributed by atoms with van der Waals surface area (Å²) < 4.78 is 2.40. The van der Waals surface area contributed by atoms with Crippen molar-refractivity contribution in [2.24, 2.45) is 0 Å². The number of fused-ring (bicyclic) bond motifs is 1. The summed E-state index contributed by atoms with van der Waals surface area (Å²) in [6.07, 6.45) is 7.15. The summed E-state index contributed by atoms with van der Waals surface area (Å²) in [5.74, 6) is 0.415. The summed E-state index contributed by atoms with van der Waals surface area (Å²) in [7, 11) is 0. The van der Waals surface area contributed by atoms with Crippen molar-refractivity contribution < 1.29 is 9.59 Å². The molecule has 5 rings (SSSR count). The summed E-state index contributed by atoms with van der Waals surface area (Å²) in [6, 6.07) is 3.74. The van der Waals surface area contributed by atoms with E-state index in [1.165, 1.54) is 17.5 Å². The number of carbonyl (C=O) groups is 2. The van der Waals surface area contributed by atoms with E-state index < -0.39 is 0 Å². The summed E-state index contributed by atoms with van der Waals surface area (Å²) in [6.45, 7) is 3.76. The van der Waals surface area contributed by atoms with Crippen molar-refractivity contribution in [2.75, 3.05) is 23.7 Å². The third-order valence-corrected chi connectivity index (χ3v) is 7.04. The maximum Gasteiger partial charge on any atom is 0.267 e. The number of hydrogen-bond donors (Lipinski definition) is 3. The van der Waals surface area contributed by atoms with Gasteiger partial charge >= 0.3 is 0 Å². The Kier molecular flexibility index (Phi) is 5.85. The van der Waals surface area contributed by atoms with Crippen LogP contribution in [0.5, 0.6) is 0 Å². The van der Waals surface area contributed by atoms with Gasteiger partial charge in [-0.25, -0.2) is 4.98 Å². The number of aromatic nitrogens is 5. The molecule has 4 heterocycles. The van der Waals surface area contributed by atoms with E-state index in [0.717, 1.165) is 46.9 Å². The Balaban J connectivity index is 1.27. The molecular weight excluding hydrogens is 508 g/mol. The monoisotopic (exact) mass is 528 g/mol. The first-order chi connectivity index (χ1) is 16.0. The highest BCUT2D eigenvalue weighted by atomic mass is 79.9. The number of likely N-dealkylation sites (tertiary alicyclic amines) is 1. The highest BCUT2D eigenvalue weighted by molar-refractivity contribution is 9.10. The molecule has 0 spiro atoms. The Morgan fingerprint density at radius 1 is 1.24 bits per heavy atom. The van der Waals surface area contributed by atoms with E-state index in [1.54, 1.807) is 10.9 Å². The molecule has 1 fully saturated rings. The molecule has 1 aromatic carbocycles. The lowest BCUT2D eigenvalue weighted by Gasteiger charge is -2.14. The van der Waals surface area contributed by atoms with E-state index in [-0.39, 0.29) is 18.4 Å². The topological polar surface area (TPSA) is 121 Å². The SMILES string of the molecule is Cc1cn(CC(=O)N2CCCC2)nc1Nc1ncc(C(=O)Nc2c(Br)ccc3[nH]ncc23)s1. The van der Waals surface area contributed by atoms with Gasteiger partial charge in [-0.05, 0) is 47.8 Å². The number of carbonyl (C=O) groups excluding carboxylic acids is 2. The second-order valence-electron chi connectivity index (χ2n) is 7.81. The van der Waals surface area contributed by atoms with Gasteiger partial charge in [0.1, 0.15) is 11.4 Å². The zero-order valence-corrected chi connectivity index (χ0v) is 20.2. The van der Waals surface area contributed by atoms with Gasteiger partial charge < -0.3 is 15.5 Å². The van der Waals surface area contributed by atoms with Gasteiger partial charge in [0.2, 0.25) is 5.91 Å². The van der Waals surface area contributed by atoms with Crippen LogP contribution in [0.1, 0.15) is 28.1 Å². The van der Waals surface area contributed by atoms with Crippen molar-refractivity contribution >= 4 is 66.6 Å². The van der Waals surface area contributed by atoms with Gasteiger partial charge in [-0.3, -0.25) is 19.4 Å². The van der Waals surface area contributed by atoms with E-state index in [0.29, 0.717) is 21.5 Å². The molecule has 0 atom stereocenters. The lowest BCUT2D eigenvalue weighted by Crippen LogP contribution is -2.31. The van der Waals surface area contributed by atoms with Crippen LogP contribution in [0.15, 0.2) is 35.2 Å². The molecule has 3 N–H and O–H groups in total. The van der Waals surface area contributed by atoms with Crippen LogP contribution >= 0.6 is 27.3 Å². The molecule has 0 aliphatic carbocycles. The molecule has 2 amide bonds. The fourth-order valence-corrected chi connectivity index (χ4v) is 4.92. The molecular formula is C21H21BrN8O2S. The van der Waals surface area contributed by atoms with Gasteiger partial charge in [-0.15, -0.1) is 0 Å². The molecule has 12 heteroatoms. The van der Waals surface area contributed by atoms with Crippen molar-refractivity contribution in [3.8, 4) is 0 Å². The molecule has 1 saturated heterocycles. The second-order valence-corrected chi connectivity index (χ2v) is 9.69. The van der Waals surface area contributed by atoms with Crippen LogP contribution in [-0.4, -0.2) is 54.8 Å². The van der Waals surface area contributed by atoms with Gasteiger partial charge in [0, 0.05) is 34.7 Å². The number of hydrogen-bond acceptors (Lipinski definition) is 7. The Labute approximate surface area is 201 Å². The molecule has 0 saturated carbocycles. The molecule has 33 heavy (non-hydrogen) atoms. The number of rotatable bonds is 6. The van der Waals surface area contributed by atoms with Gasteiger partial charge in [-0.2, -0.15) is 10.2 Å². The summed E-state index contributed by atoms with van der Waals surface area (Å²) in [4.78, 5) is 31.9. The predicted octanol–water partition coefficient (Wildman–Crippen LogP) is 3.91. The second kappa shape index (κ2) is 8.94. The fourth-order valence-electron chi connectivity index (χ4n) is 3.76. The smallest absolute Gasteiger partial charge is 0.267 e. The number of H-pyrrole nitrogens is 1. The van der Waals surface area contributed by atoms with E-state index in [4.69, 9.17) is 0 Å². The molecule has 1 aliphatic heterocycles. The first kappa shape index (κ1) is 21.6. The Morgan fingerprint density at radius 3 is 2.88 bits per heavy atom. The average molecular weight is 529 g/mol. The molecule has 10 nitrogen and oxygen atoms in total. The molecule has 0 radical (unpaired) electrons. The summed E-state index contributed by atoms with van der Waals surface area (Å²) >= 11 is 4.71. The fraction of sp³-hybridized carbons (Fsp3) is 0.286. The van der Waals surface area contributed by atoms with Crippen LogP contribution in [0, 0.1) is 6.92 Å². The van der Waals surface area contributed by atoms with E-state index in [1.807, 2.05) is 30.2 Å². The van der Waals surface area contributed by atoms with Crippen LogP contribution in [0.25, 0.3) is 10.9 Å². The third-order valence-electron chi connectivity index (χ3n) is 5.47. The minimum atomic E-state index is -0.270. The van der Waals surface area contributed by atoms with Crippen molar-refractivity contribution in [1.29, 1.82) is 0 Å². The number of thiazole rings is 1. The van der Waals surface area contributed by atoms with E-state index >= 15 is 0 Å². The summed E-state index contributed by atoms with van der Waals surface area (Å²) in [5, 5.41) is 18.9. The average Bonchev–Trinajstić information content (AvgIpc) is 3.58. The van der Waals surface area contributed by atoms with Crippen LogP contribution in [0.2, 0.25) is 0 Å². The Morgan fingerprint density at radius 2 is 2.06 bits per heavy atom. The number of nitrogens with zero attached hydrogens (tertiary/aromatic N) is 5. The molecule has 170 valence electrons. The van der Waals surface area contributed by atoms with Crippen molar-refractivity contribution in [3.63, 3.8) is 0 Å². The van der Waals surface area contributed by atoms with Gasteiger partial charge in [-0.1, -0.05) is 11.3 Å². The van der Waals surface area contributed by atoms with Crippen LogP contribution in [0.3, 0.4) is 0 Å². The number of amides is 2. The van der Waals surface area contributed by atoms with Gasteiger partial charge in [0.15, 0.2) is 10.9 Å². The number of benzene rings is 1. The number of nitrogens with one attached hydrogen (secondary N) is 3. The minimum absolute atomic E-state index is 0.0774. The largest absolute Gasteiger partial charge is 0.341 e. The zero-order chi connectivity index (χ0) is 22.9. The molecule has 1 aliphatic rings. The van der Waals surface area contributed by atoms with Crippen molar-refractivity contribution in [3.05, 3.63) is 45.6 Å². The van der Waals surface area contributed by atoms with Crippen LogP contribution < -0.4 is 10.6 Å². The third kappa shape index (κ3) is 4.48. The van der Waals surface area contributed by atoms with E-state index in [2.05, 4.69) is 46.8 Å². The lowest BCUT2D eigenvalue weighted by atomic mass is 10.2. The zero-order valence-electron chi connectivity index (χ0n) is 17.8. The standard InChI is InChI=1S/C21H21BrN8O2S/c1-12-10-30(11-17(31)29-6-2-3-7-29)28-19(12)26-21-23-9-16(33-21)20(32)25-18-13-8-24-27-15(13)5-4-14(18)22/h4-5,8-10H,2-3,6-7,11H2,1H3,(H,24,27)(H,25,32)(H,23,26,28). The van der Waals surface area contributed by atoms with E-state index in [9.17, 15) is 9.59 Å². The van der Waals surface area contributed by atoms with Crippen molar-refractivity contribution in [2.45, 2.75) is 26.3 Å². The predicted molar refractivity (Wildman–Crippen MR) is 130 cm³/mol. The minimum Gasteiger partial charge on any atom is -0.341 e.